The van der Waals surface area contributed by atoms with Gasteiger partial charge in [-0.05, 0) is 31.6 Å². The third kappa shape index (κ3) is 5.92. The number of aliphatic carboxylic acids is 1. The number of nitrogens with two attached hydrogens (primary N) is 1. The highest BCUT2D eigenvalue weighted by Crippen LogP contribution is 2.21. The number of carbonyl (C=O) groups is 4. The molecule has 154 valence electrons. The van der Waals surface area contributed by atoms with Crippen LogP contribution in [-0.2, 0) is 19.2 Å². The Morgan fingerprint density at radius 1 is 1.00 bits per heavy atom. The van der Waals surface area contributed by atoms with E-state index in [-0.39, 0.29) is 17.7 Å². The highest BCUT2D eigenvalue weighted by Gasteiger charge is 2.40. The predicted molar refractivity (Wildman–Crippen MR) is 99.6 cm³/mol. The molecule has 1 saturated heterocycles. The lowest BCUT2D eigenvalue weighted by atomic mass is 10.0. The summed E-state index contributed by atoms with van der Waals surface area (Å²) < 4.78 is 0. The van der Waals surface area contributed by atoms with Crippen LogP contribution in [-0.4, -0.2) is 64.4 Å². The molecule has 1 heterocycles. The molecule has 1 aliphatic rings. The molecular formula is C18H32N4O5. The molecule has 0 radical (unpaired) electrons. The molecule has 1 fully saturated rings. The molecule has 0 unspecified atom stereocenters. The van der Waals surface area contributed by atoms with E-state index in [1.54, 1.807) is 27.7 Å². The average Bonchev–Trinajstić information content (AvgIpc) is 3.05. The van der Waals surface area contributed by atoms with E-state index >= 15 is 0 Å². The topological polar surface area (TPSA) is 142 Å². The van der Waals surface area contributed by atoms with E-state index in [1.807, 2.05) is 0 Å². The van der Waals surface area contributed by atoms with Gasteiger partial charge in [0.25, 0.3) is 0 Å². The van der Waals surface area contributed by atoms with E-state index < -0.39 is 42.0 Å². The molecule has 0 aliphatic carbocycles. The second kappa shape index (κ2) is 9.68. The molecule has 3 amide bonds. The zero-order chi connectivity index (χ0) is 20.9. The number of hydrogen-bond acceptors (Lipinski definition) is 5. The van der Waals surface area contributed by atoms with E-state index in [0.29, 0.717) is 19.4 Å². The lowest BCUT2D eigenvalue weighted by molar-refractivity contribution is -0.146. The van der Waals surface area contributed by atoms with Crippen LogP contribution in [0.3, 0.4) is 0 Å². The number of hydrogen-bond donors (Lipinski definition) is 4. The van der Waals surface area contributed by atoms with Gasteiger partial charge >= 0.3 is 5.97 Å². The van der Waals surface area contributed by atoms with E-state index in [1.165, 1.54) is 11.8 Å². The van der Waals surface area contributed by atoms with Gasteiger partial charge in [-0.25, -0.2) is 4.79 Å². The van der Waals surface area contributed by atoms with Crippen LogP contribution in [0.5, 0.6) is 0 Å². The summed E-state index contributed by atoms with van der Waals surface area (Å²) in [4.78, 5) is 50.3. The van der Waals surface area contributed by atoms with Crippen molar-refractivity contribution in [3.63, 3.8) is 0 Å². The van der Waals surface area contributed by atoms with E-state index in [4.69, 9.17) is 5.73 Å². The van der Waals surface area contributed by atoms with Gasteiger partial charge in [-0.1, -0.05) is 27.7 Å². The summed E-state index contributed by atoms with van der Waals surface area (Å²) >= 11 is 0. The first-order valence-corrected chi connectivity index (χ1v) is 9.37. The number of nitrogens with zero attached hydrogens (tertiary/aromatic N) is 1. The molecule has 0 aromatic carbocycles. The number of carbonyl (C=O) groups excluding carboxylic acids is 3. The molecule has 0 bridgehead atoms. The van der Waals surface area contributed by atoms with Gasteiger partial charge in [-0.3, -0.25) is 14.4 Å². The Hall–Kier alpha value is -2.16. The summed E-state index contributed by atoms with van der Waals surface area (Å²) in [6.45, 7) is 8.92. The van der Waals surface area contributed by atoms with Crippen molar-refractivity contribution in [1.29, 1.82) is 0 Å². The van der Waals surface area contributed by atoms with Crippen LogP contribution in [0.2, 0.25) is 0 Å². The average molecular weight is 384 g/mol. The summed E-state index contributed by atoms with van der Waals surface area (Å²) in [6.07, 6.45) is 1.09. The standard InChI is InChI=1S/C18H32N4O5/c1-9(2)13(20-15(23)11(5)19)17(25)22-8-6-7-12(22)16(24)21-14(10(3)4)18(26)27/h9-14H,6-8,19H2,1-5H3,(H,20,23)(H,21,24)(H,26,27)/t11-,12-,13-,14-/m0/s1. The van der Waals surface area contributed by atoms with Gasteiger partial charge in [0.05, 0.1) is 6.04 Å². The van der Waals surface area contributed by atoms with Gasteiger partial charge in [0.2, 0.25) is 17.7 Å². The van der Waals surface area contributed by atoms with Gasteiger partial charge < -0.3 is 26.4 Å². The SMILES string of the molecule is CC(C)[C@H](NC(=O)[C@@H]1CCCN1C(=O)[C@@H](NC(=O)[C@H](C)N)C(C)C)C(=O)O. The quantitative estimate of drug-likeness (QED) is 0.452. The van der Waals surface area contributed by atoms with Crippen molar-refractivity contribution in [2.75, 3.05) is 6.54 Å². The molecule has 5 N–H and O–H groups in total. The zero-order valence-corrected chi connectivity index (χ0v) is 16.7. The molecule has 27 heavy (non-hydrogen) atoms. The largest absolute Gasteiger partial charge is 0.480 e. The fourth-order valence-corrected chi connectivity index (χ4v) is 3.04. The number of carboxylic acids is 1. The van der Waals surface area contributed by atoms with Crippen LogP contribution >= 0.6 is 0 Å². The molecule has 1 aliphatic heterocycles. The van der Waals surface area contributed by atoms with Crippen molar-refractivity contribution in [2.45, 2.75) is 71.6 Å². The predicted octanol–water partition coefficient (Wildman–Crippen LogP) is -0.309. The van der Waals surface area contributed by atoms with Crippen LogP contribution in [0.15, 0.2) is 0 Å². The molecule has 0 spiro atoms. The van der Waals surface area contributed by atoms with Gasteiger partial charge in [0, 0.05) is 6.54 Å². The minimum Gasteiger partial charge on any atom is -0.480 e. The summed E-state index contributed by atoms with van der Waals surface area (Å²) in [5, 5.41) is 14.4. The highest BCUT2D eigenvalue weighted by molar-refractivity contribution is 5.94. The first-order chi connectivity index (χ1) is 12.5. The Balaban J connectivity index is 2.93. The van der Waals surface area contributed by atoms with Crippen molar-refractivity contribution in [1.82, 2.24) is 15.5 Å². The number of amides is 3. The van der Waals surface area contributed by atoms with Gasteiger partial charge in [0.1, 0.15) is 18.1 Å². The lowest BCUT2D eigenvalue weighted by Gasteiger charge is -2.31. The fourth-order valence-electron chi connectivity index (χ4n) is 3.04. The molecule has 9 nitrogen and oxygen atoms in total. The first kappa shape index (κ1) is 22.9. The van der Waals surface area contributed by atoms with Crippen molar-refractivity contribution < 1.29 is 24.3 Å². The van der Waals surface area contributed by atoms with Crippen LogP contribution < -0.4 is 16.4 Å². The Morgan fingerprint density at radius 2 is 1.56 bits per heavy atom. The van der Waals surface area contributed by atoms with Crippen molar-refractivity contribution >= 4 is 23.7 Å². The summed E-state index contributed by atoms with van der Waals surface area (Å²) in [5.74, 6) is -2.86. The smallest absolute Gasteiger partial charge is 0.326 e. The van der Waals surface area contributed by atoms with E-state index in [2.05, 4.69) is 10.6 Å². The minimum atomic E-state index is -1.11. The third-order valence-corrected chi connectivity index (χ3v) is 4.71. The van der Waals surface area contributed by atoms with Crippen molar-refractivity contribution in [3.05, 3.63) is 0 Å². The maximum absolute atomic E-state index is 13.0. The summed E-state index contributed by atoms with van der Waals surface area (Å²) in [5.41, 5.74) is 5.57. The first-order valence-electron chi connectivity index (χ1n) is 9.37. The number of likely N-dealkylation sites (tertiary alicyclic amines) is 1. The van der Waals surface area contributed by atoms with Crippen LogP contribution in [0.25, 0.3) is 0 Å². The lowest BCUT2D eigenvalue weighted by Crippen LogP contribution is -2.58. The van der Waals surface area contributed by atoms with Gasteiger partial charge in [0.15, 0.2) is 0 Å². The molecule has 1 rings (SSSR count). The molecule has 0 saturated carbocycles. The Labute approximate surface area is 160 Å². The molecule has 0 aromatic heterocycles. The Kier molecular flexibility index (Phi) is 8.20. The van der Waals surface area contributed by atoms with E-state index in [0.717, 1.165) is 0 Å². The fraction of sp³-hybridized carbons (Fsp3) is 0.778. The van der Waals surface area contributed by atoms with Gasteiger partial charge in [-0.2, -0.15) is 0 Å². The minimum absolute atomic E-state index is 0.188. The second-order valence-corrected chi connectivity index (χ2v) is 7.78. The maximum Gasteiger partial charge on any atom is 0.326 e. The van der Waals surface area contributed by atoms with Gasteiger partial charge in [-0.15, -0.1) is 0 Å². The Morgan fingerprint density at radius 3 is 2.00 bits per heavy atom. The highest BCUT2D eigenvalue weighted by atomic mass is 16.4. The normalized spacial score (nSPS) is 20.3. The number of rotatable bonds is 8. The van der Waals surface area contributed by atoms with Crippen molar-refractivity contribution in [3.8, 4) is 0 Å². The van der Waals surface area contributed by atoms with Crippen LogP contribution in [0.1, 0.15) is 47.5 Å². The Bertz CT molecular complexity index is 576. The monoisotopic (exact) mass is 384 g/mol. The summed E-state index contributed by atoms with van der Waals surface area (Å²) in [6, 6.07) is -3.31. The van der Waals surface area contributed by atoms with E-state index in [9.17, 15) is 24.3 Å². The third-order valence-electron chi connectivity index (χ3n) is 4.71. The maximum atomic E-state index is 13.0. The molecule has 0 aromatic rings. The molecule has 4 atom stereocenters. The number of nitrogens with one attached hydrogen (secondary N) is 2. The van der Waals surface area contributed by atoms with Crippen LogP contribution in [0, 0.1) is 11.8 Å². The number of carboxylic acid groups (broad SMARTS) is 1. The molecular weight excluding hydrogens is 352 g/mol. The van der Waals surface area contributed by atoms with Crippen molar-refractivity contribution in [2.24, 2.45) is 17.6 Å². The van der Waals surface area contributed by atoms with Crippen LogP contribution in [0.4, 0.5) is 0 Å². The zero-order valence-electron chi connectivity index (χ0n) is 16.7. The summed E-state index contributed by atoms with van der Waals surface area (Å²) in [7, 11) is 0. The molecule has 9 heteroatoms. The second-order valence-electron chi connectivity index (χ2n) is 7.78.